The molecule has 0 aliphatic rings. The summed E-state index contributed by atoms with van der Waals surface area (Å²) in [4.78, 5) is 18.1. The van der Waals surface area contributed by atoms with E-state index in [2.05, 4.69) is 11.6 Å². The van der Waals surface area contributed by atoms with Crippen molar-refractivity contribution in [1.82, 2.24) is 9.38 Å². The third-order valence-electron chi connectivity index (χ3n) is 4.07. The highest BCUT2D eigenvalue weighted by atomic mass is 32.1. The Labute approximate surface area is 159 Å². The van der Waals surface area contributed by atoms with Gasteiger partial charge in [0.05, 0.1) is 22.2 Å². The molecule has 5 nitrogen and oxygen atoms in total. The zero-order chi connectivity index (χ0) is 18.8. The van der Waals surface area contributed by atoms with Crippen LogP contribution in [0.5, 0.6) is 11.5 Å². The van der Waals surface area contributed by atoms with Crippen molar-refractivity contribution in [3.63, 3.8) is 0 Å². The second-order valence-corrected chi connectivity index (χ2v) is 6.88. The molecule has 136 valence electrons. The van der Waals surface area contributed by atoms with Gasteiger partial charge in [0.1, 0.15) is 6.61 Å². The summed E-state index contributed by atoms with van der Waals surface area (Å²) in [5.41, 5.74) is 2.47. The number of benzene rings is 2. The summed E-state index contributed by atoms with van der Waals surface area (Å²) in [6.45, 7) is 6.51. The van der Waals surface area contributed by atoms with Crippen molar-refractivity contribution in [3.05, 3.63) is 75.6 Å². The molecule has 6 heteroatoms. The fourth-order valence-corrected chi connectivity index (χ4v) is 3.90. The lowest BCUT2D eigenvalue weighted by Gasteiger charge is -2.11. The van der Waals surface area contributed by atoms with Crippen LogP contribution in [-0.4, -0.2) is 22.6 Å². The maximum Gasteiger partial charge on any atom is 0.274 e. The zero-order valence-corrected chi connectivity index (χ0v) is 15.7. The number of para-hydroxylation sites is 2. The Hall–Kier alpha value is -3.12. The van der Waals surface area contributed by atoms with Crippen molar-refractivity contribution in [2.45, 2.75) is 6.92 Å². The second-order valence-electron chi connectivity index (χ2n) is 5.87. The van der Waals surface area contributed by atoms with Crippen LogP contribution in [0.4, 0.5) is 0 Å². The van der Waals surface area contributed by atoms with E-state index in [1.807, 2.05) is 55.5 Å². The molecule has 0 aliphatic carbocycles. The van der Waals surface area contributed by atoms with Gasteiger partial charge in [-0.1, -0.05) is 42.2 Å². The molecule has 27 heavy (non-hydrogen) atoms. The van der Waals surface area contributed by atoms with Gasteiger partial charge in [0.25, 0.3) is 5.56 Å². The number of nitrogens with zero attached hydrogens (tertiary/aromatic N) is 2. The van der Waals surface area contributed by atoms with Gasteiger partial charge in [0.15, 0.2) is 16.5 Å². The number of fused-ring (bicyclic) bond motifs is 3. The summed E-state index contributed by atoms with van der Waals surface area (Å²) in [6, 6.07) is 13.3. The highest BCUT2D eigenvalue weighted by Gasteiger charge is 2.11. The van der Waals surface area contributed by atoms with Crippen molar-refractivity contribution in [3.8, 4) is 11.5 Å². The summed E-state index contributed by atoms with van der Waals surface area (Å²) < 4.78 is 13.6. The summed E-state index contributed by atoms with van der Waals surface area (Å²) in [5, 5.41) is 0. The molecule has 0 saturated heterocycles. The molecule has 0 aliphatic heterocycles. The Morgan fingerprint density at radius 1 is 1.19 bits per heavy atom. The van der Waals surface area contributed by atoms with Crippen molar-refractivity contribution < 1.29 is 9.47 Å². The van der Waals surface area contributed by atoms with Crippen molar-refractivity contribution >= 4 is 33.4 Å². The van der Waals surface area contributed by atoms with Crippen LogP contribution in [0.15, 0.2) is 59.9 Å². The minimum absolute atomic E-state index is 0.0614. The highest BCUT2D eigenvalue weighted by molar-refractivity contribution is 7.15. The van der Waals surface area contributed by atoms with Gasteiger partial charge in [-0.25, -0.2) is 9.38 Å². The Morgan fingerprint density at radius 2 is 2.04 bits per heavy atom. The SMILES string of the molecule is C=CCOc1ccc(C=c2sc3nc4ccccc4n3c2=O)cc1OCC. The molecular weight excluding hydrogens is 360 g/mol. The molecule has 0 N–H and O–H groups in total. The predicted molar refractivity (Wildman–Crippen MR) is 109 cm³/mol. The molecule has 0 fully saturated rings. The van der Waals surface area contributed by atoms with Crippen molar-refractivity contribution in [1.29, 1.82) is 0 Å². The molecule has 2 heterocycles. The van der Waals surface area contributed by atoms with Crippen LogP contribution < -0.4 is 19.6 Å². The van der Waals surface area contributed by atoms with Gasteiger partial charge in [0, 0.05) is 0 Å². The van der Waals surface area contributed by atoms with E-state index >= 15 is 0 Å². The van der Waals surface area contributed by atoms with E-state index in [-0.39, 0.29) is 5.56 Å². The monoisotopic (exact) mass is 378 g/mol. The lowest BCUT2D eigenvalue weighted by atomic mass is 10.2. The van der Waals surface area contributed by atoms with Crippen molar-refractivity contribution in [2.75, 3.05) is 13.2 Å². The number of imidazole rings is 1. The van der Waals surface area contributed by atoms with E-state index in [0.29, 0.717) is 34.2 Å². The van der Waals surface area contributed by atoms with E-state index < -0.39 is 0 Å². The van der Waals surface area contributed by atoms with Gasteiger partial charge < -0.3 is 9.47 Å². The standard InChI is InChI=1S/C21H18N2O3S/c1-3-11-26-17-10-9-14(12-18(17)25-4-2)13-19-20(24)23-16-8-6-5-7-15(16)22-21(23)27-19/h3,5-10,12-13H,1,4,11H2,2H3. The average molecular weight is 378 g/mol. The van der Waals surface area contributed by atoms with E-state index in [9.17, 15) is 4.79 Å². The summed E-state index contributed by atoms with van der Waals surface area (Å²) in [5.74, 6) is 1.30. The highest BCUT2D eigenvalue weighted by Crippen LogP contribution is 2.29. The minimum Gasteiger partial charge on any atom is -0.490 e. The van der Waals surface area contributed by atoms with Crippen LogP contribution in [-0.2, 0) is 0 Å². The molecule has 0 atom stereocenters. The minimum atomic E-state index is -0.0614. The van der Waals surface area contributed by atoms with Gasteiger partial charge in [-0.3, -0.25) is 4.79 Å². The second kappa shape index (κ2) is 7.25. The Kier molecular flexibility index (Phi) is 4.64. The molecule has 0 saturated carbocycles. The van der Waals surface area contributed by atoms with Crippen LogP contribution in [0.2, 0.25) is 0 Å². The first-order chi connectivity index (χ1) is 13.2. The molecule has 4 rings (SSSR count). The molecule has 0 radical (unpaired) electrons. The van der Waals surface area contributed by atoms with Crippen LogP contribution in [0.25, 0.3) is 22.1 Å². The van der Waals surface area contributed by atoms with Crippen LogP contribution in [0.3, 0.4) is 0 Å². The molecule has 0 spiro atoms. The topological polar surface area (TPSA) is 52.8 Å². The summed E-state index contributed by atoms with van der Waals surface area (Å²) in [6.07, 6.45) is 3.54. The van der Waals surface area contributed by atoms with Crippen LogP contribution >= 0.6 is 11.3 Å². The molecule has 2 aromatic carbocycles. The lowest BCUT2D eigenvalue weighted by Crippen LogP contribution is -2.22. The number of aromatic nitrogens is 2. The van der Waals surface area contributed by atoms with E-state index in [1.54, 1.807) is 10.5 Å². The first-order valence-corrected chi connectivity index (χ1v) is 9.45. The third kappa shape index (κ3) is 3.19. The smallest absolute Gasteiger partial charge is 0.274 e. The first-order valence-electron chi connectivity index (χ1n) is 8.63. The van der Waals surface area contributed by atoms with Crippen molar-refractivity contribution in [2.24, 2.45) is 0 Å². The zero-order valence-electron chi connectivity index (χ0n) is 14.8. The Balaban J connectivity index is 1.81. The fraction of sp³-hybridized carbons (Fsp3) is 0.143. The van der Waals surface area contributed by atoms with Gasteiger partial charge in [-0.15, -0.1) is 0 Å². The molecule has 0 bridgehead atoms. The van der Waals surface area contributed by atoms with E-state index in [0.717, 1.165) is 16.6 Å². The number of thiazole rings is 1. The predicted octanol–water partition coefficient (Wildman–Crippen LogP) is 3.42. The number of hydrogen-bond acceptors (Lipinski definition) is 5. The van der Waals surface area contributed by atoms with Crippen LogP contribution in [0.1, 0.15) is 12.5 Å². The third-order valence-corrected chi connectivity index (χ3v) is 5.04. The Morgan fingerprint density at radius 3 is 2.85 bits per heavy atom. The van der Waals surface area contributed by atoms with E-state index in [4.69, 9.17) is 9.47 Å². The Bertz CT molecular complexity index is 1240. The van der Waals surface area contributed by atoms with Gasteiger partial charge in [0.2, 0.25) is 0 Å². The summed E-state index contributed by atoms with van der Waals surface area (Å²) >= 11 is 1.38. The molecule has 4 aromatic rings. The molecular formula is C21H18N2O3S. The van der Waals surface area contributed by atoms with E-state index in [1.165, 1.54) is 11.3 Å². The van der Waals surface area contributed by atoms with Crippen LogP contribution in [0, 0.1) is 0 Å². The van der Waals surface area contributed by atoms with Gasteiger partial charge in [-0.05, 0) is 42.8 Å². The first kappa shape index (κ1) is 17.3. The molecule has 0 amide bonds. The normalized spacial score (nSPS) is 12.0. The number of ether oxygens (including phenoxy) is 2. The number of hydrogen-bond donors (Lipinski definition) is 0. The fourth-order valence-electron chi connectivity index (χ4n) is 2.91. The maximum atomic E-state index is 12.9. The summed E-state index contributed by atoms with van der Waals surface area (Å²) in [7, 11) is 0. The quantitative estimate of drug-likeness (QED) is 0.483. The molecule has 2 aromatic heterocycles. The average Bonchev–Trinajstić information content (AvgIpc) is 3.18. The molecule has 0 unspecified atom stereocenters. The van der Waals surface area contributed by atoms with Gasteiger partial charge in [-0.2, -0.15) is 0 Å². The van der Waals surface area contributed by atoms with Gasteiger partial charge >= 0.3 is 0 Å². The lowest BCUT2D eigenvalue weighted by molar-refractivity contribution is 0.297. The largest absolute Gasteiger partial charge is 0.490 e. The number of rotatable bonds is 6. The maximum absolute atomic E-state index is 12.9.